The number of anilines is 1. The third-order valence-electron chi connectivity index (χ3n) is 6.02. The van der Waals surface area contributed by atoms with Crippen molar-refractivity contribution in [2.45, 2.75) is 6.42 Å². The Hall–Kier alpha value is -4.25. The smallest absolute Gasteiger partial charge is 0.320 e. The summed E-state index contributed by atoms with van der Waals surface area (Å²) in [4.78, 5) is 26.1. The van der Waals surface area contributed by atoms with Crippen LogP contribution in [0.4, 0.5) is 5.82 Å². The average Bonchev–Trinajstić information content (AvgIpc) is 3.55. The molecule has 1 aliphatic rings. The number of aromatic nitrogens is 6. The van der Waals surface area contributed by atoms with Gasteiger partial charge >= 0.3 is 6.01 Å². The van der Waals surface area contributed by atoms with E-state index in [4.69, 9.17) is 14.6 Å². The lowest BCUT2D eigenvalue weighted by molar-refractivity contribution is 0.0818. The van der Waals surface area contributed by atoms with Gasteiger partial charge in [-0.05, 0) is 11.6 Å². The highest BCUT2D eigenvalue weighted by molar-refractivity contribution is 5.94. The quantitative estimate of drug-likeness (QED) is 0.361. The fourth-order valence-electron chi connectivity index (χ4n) is 4.08. The second-order valence-electron chi connectivity index (χ2n) is 8.98. The number of morpholine rings is 1. The molecule has 0 unspecified atom stereocenters. The predicted octanol–water partition coefficient (Wildman–Crippen LogP) is 2.22. The Bertz CT molecular complexity index is 1360. The third-order valence-corrected chi connectivity index (χ3v) is 6.02. The first-order valence-electron chi connectivity index (χ1n) is 12.2. The van der Waals surface area contributed by atoms with E-state index in [9.17, 15) is 4.79 Å². The number of benzene rings is 1. The molecule has 4 aromatic rings. The predicted molar refractivity (Wildman–Crippen MR) is 138 cm³/mol. The lowest BCUT2D eigenvalue weighted by Crippen LogP contribution is -2.37. The van der Waals surface area contributed by atoms with Crippen molar-refractivity contribution in [3.05, 3.63) is 66.1 Å². The number of aryl methyl sites for hydroxylation is 1. The lowest BCUT2D eigenvalue weighted by Gasteiger charge is -2.28. The van der Waals surface area contributed by atoms with E-state index in [-0.39, 0.29) is 11.9 Å². The molecule has 37 heavy (non-hydrogen) atoms. The van der Waals surface area contributed by atoms with Gasteiger partial charge in [0.15, 0.2) is 5.82 Å². The molecule has 1 amide bonds. The minimum Gasteiger partial charge on any atom is -0.463 e. The first kappa shape index (κ1) is 24.4. The monoisotopic (exact) mass is 502 g/mol. The van der Waals surface area contributed by atoms with Crippen molar-refractivity contribution in [1.82, 2.24) is 34.4 Å². The van der Waals surface area contributed by atoms with Gasteiger partial charge in [-0.15, -0.1) is 0 Å². The van der Waals surface area contributed by atoms with Crippen LogP contribution in [0.1, 0.15) is 16.1 Å². The molecule has 1 saturated heterocycles. The van der Waals surface area contributed by atoms with Crippen LogP contribution in [-0.4, -0.2) is 87.3 Å². The van der Waals surface area contributed by atoms with E-state index in [1.54, 1.807) is 29.5 Å². The lowest BCUT2D eigenvalue weighted by atomic mass is 10.1. The molecule has 11 heteroatoms. The van der Waals surface area contributed by atoms with Gasteiger partial charge in [0.2, 0.25) is 0 Å². The first-order chi connectivity index (χ1) is 18.0. The Morgan fingerprint density at radius 2 is 1.84 bits per heavy atom. The molecule has 4 heterocycles. The Labute approximate surface area is 215 Å². The maximum Gasteiger partial charge on any atom is 0.320 e. The molecule has 1 aliphatic heterocycles. The first-order valence-corrected chi connectivity index (χ1v) is 12.2. The standard InChI is InChI=1S/C26H30N8O3/c1-31(2)25(35)22-15-21(20-7-5-4-6-8-20)30-34(22)24-16-23(33-10-13-36-14-11-33)28-26(29-24)37-12-9-19-17-27-32(3)18-19/h4-8,15-18H,9-14H2,1-3H3. The summed E-state index contributed by atoms with van der Waals surface area (Å²) in [6, 6.07) is 13.6. The number of hydrogen-bond acceptors (Lipinski definition) is 8. The highest BCUT2D eigenvalue weighted by Gasteiger charge is 2.23. The Morgan fingerprint density at radius 1 is 1.08 bits per heavy atom. The van der Waals surface area contributed by atoms with Crippen LogP contribution in [0.5, 0.6) is 6.01 Å². The summed E-state index contributed by atoms with van der Waals surface area (Å²) in [6.45, 7) is 3.00. The van der Waals surface area contributed by atoms with Crippen molar-refractivity contribution in [3.8, 4) is 23.1 Å². The number of carbonyl (C=O) groups is 1. The number of carbonyl (C=O) groups excluding carboxylic acids is 1. The van der Waals surface area contributed by atoms with Gasteiger partial charge in [-0.2, -0.15) is 20.2 Å². The van der Waals surface area contributed by atoms with E-state index in [0.717, 1.165) is 11.1 Å². The van der Waals surface area contributed by atoms with Crippen molar-refractivity contribution < 1.29 is 14.3 Å². The van der Waals surface area contributed by atoms with Crippen LogP contribution in [-0.2, 0) is 18.2 Å². The van der Waals surface area contributed by atoms with Gasteiger partial charge in [0.1, 0.15) is 11.5 Å². The molecule has 0 N–H and O–H groups in total. The van der Waals surface area contributed by atoms with Crippen molar-refractivity contribution in [2.24, 2.45) is 7.05 Å². The van der Waals surface area contributed by atoms with E-state index >= 15 is 0 Å². The van der Waals surface area contributed by atoms with Crippen LogP contribution in [0.15, 0.2) is 54.9 Å². The molecule has 0 bridgehead atoms. The van der Waals surface area contributed by atoms with E-state index < -0.39 is 0 Å². The van der Waals surface area contributed by atoms with Crippen molar-refractivity contribution in [3.63, 3.8) is 0 Å². The maximum absolute atomic E-state index is 13.1. The molecule has 0 atom stereocenters. The molecule has 1 fully saturated rings. The number of ether oxygens (including phenoxy) is 2. The van der Waals surface area contributed by atoms with Gasteiger partial charge in [0.25, 0.3) is 5.91 Å². The molecule has 1 aromatic carbocycles. The van der Waals surface area contributed by atoms with Gasteiger partial charge in [0, 0.05) is 58.5 Å². The van der Waals surface area contributed by atoms with Gasteiger partial charge < -0.3 is 19.3 Å². The molecule has 11 nitrogen and oxygen atoms in total. The highest BCUT2D eigenvalue weighted by atomic mass is 16.5. The number of rotatable bonds is 8. The van der Waals surface area contributed by atoms with Gasteiger partial charge in [-0.3, -0.25) is 9.48 Å². The molecule has 0 spiro atoms. The van der Waals surface area contributed by atoms with Crippen LogP contribution in [0, 0.1) is 0 Å². The summed E-state index contributed by atoms with van der Waals surface area (Å²) in [5.41, 5.74) is 3.04. The van der Waals surface area contributed by atoms with Crippen molar-refractivity contribution in [2.75, 3.05) is 51.9 Å². The highest BCUT2D eigenvalue weighted by Crippen LogP contribution is 2.25. The molecule has 5 rings (SSSR count). The summed E-state index contributed by atoms with van der Waals surface area (Å²) in [5, 5.41) is 8.98. The van der Waals surface area contributed by atoms with Crippen LogP contribution < -0.4 is 9.64 Å². The van der Waals surface area contributed by atoms with Crippen LogP contribution in [0.25, 0.3) is 17.1 Å². The Morgan fingerprint density at radius 3 is 2.54 bits per heavy atom. The zero-order valence-electron chi connectivity index (χ0n) is 21.2. The Kier molecular flexibility index (Phi) is 7.13. The van der Waals surface area contributed by atoms with E-state index in [1.807, 2.05) is 55.8 Å². The van der Waals surface area contributed by atoms with E-state index in [2.05, 4.69) is 20.0 Å². The third kappa shape index (κ3) is 5.61. The number of amides is 1. The topological polar surface area (TPSA) is 103 Å². The average molecular weight is 503 g/mol. The summed E-state index contributed by atoms with van der Waals surface area (Å²) in [5.74, 6) is 0.977. The Balaban J connectivity index is 1.53. The molecular weight excluding hydrogens is 472 g/mol. The van der Waals surface area contributed by atoms with Crippen LogP contribution in [0.2, 0.25) is 0 Å². The molecule has 0 aliphatic carbocycles. The zero-order valence-corrected chi connectivity index (χ0v) is 21.2. The summed E-state index contributed by atoms with van der Waals surface area (Å²) in [7, 11) is 5.31. The van der Waals surface area contributed by atoms with E-state index in [0.29, 0.717) is 62.4 Å². The van der Waals surface area contributed by atoms with Gasteiger partial charge in [-0.1, -0.05) is 30.3 Å². The van der Waals surface area contributed by atoms with Crippen molar-refractivity contribution in [1.29, 1.82) is 0 Å². The fraction of sp³-hybridized carbons (Fsp3) is 0.346. The molecule has 192 valence electrons. The SMILES string of the molecule is CN(C)C(=O)c1cc(-c2ccccc2)nn1-c1cc(N2CCOCC2)nc(OCCc2cnn(C)c2)n1. The summed E-state index contributed by atoms with van der Waals surface area (Å²) >= 11 is 0. The molecule has 0 radical (unpaired) electrons. The second kappa shape index (κ2) is 10.8. The summed E-state index contributed by atoms with van der Waals surface area (Å²) in [6.07, 6.45) is 4.43. The maximum atomic E-state index is 13.1. The largest absolute Gasteiger partial charge is 0.463 e. The molecule has 0 saturated carbocycles. The van der Waals surface area contributed by atoms with E-state index in [1.165, 1.54) is 4.90 Å². The zero-order chi connectivity index (χ0) is 25.8. The number of hydrogen-bond donors (Lipinski definition) is 0. The molecule has 3 aromatic heterocycles. The molecular formula is C26H30N8O3. The minimum atomic E-state index is -0.180. The summed E-state index contributed by atoms with van der Waals surface area (Å²) < 4.78 is 14.8. The fourth-order valence-corrected chi connectivity index (χ4v) is 4.08. The minimum absolute atomic E-state index is 0.180. The van der Waals surface area contributed by atoms with Crippen LogP contribution in [0.3, 0.4) is 0 Å². The second-order valence-corrected chi connectivity index (χ2v) is 8.98. The van der Waals surface area contributed by atoms with Gasteiger partial charge in [0.05, 0.1) is 31.7 Å². The normalized spacial score (nSPS) is 13.5. The van der Waals surface area contributed by atoms with Crippen LogP contribution >= 0.6 is 0 Å². The van der Waals surface area contributed by atoms with Gasteiger partial charge in [-0.25, -0.2) is 4.68 Å². The van der Waals surface area contributed by atoms with Crippen molar-refractivity contribution >= 4 is 11.7 Å². The number of nitrogens with zero attached hydrogens (tertiary/aromatic N) is 8.